The molecule has 1 aliphatic heterocycles. The number of rotatable bonds is 2. The van der Waals surface area contributed by atoms with E-state index in [0.717, 1.165) is 30.6 Å². The average Bonchev–Trinajstić information content (AvgIpc) is 2.93. The highest BCUT2D eigenvalue weighted by molar-refractivity contribution is 5.95. The van der Waals surface area contributed by atoms with Gasteiger partial charge in [-0.25, -0.2) is 14.6 Å². The number of amides is 1. The van der Waals surface area contributed by atoms with Gasteiger partial charge in [0, 0.05) is 12.7 Å². The number of fused-ring (bicyclic) bond motifs is 1. The summed E-state index contributed by atoms with van der Waals surface area (Å²) >= 11 is 0. The van der Waals surface area contributed by atoms with Gasteiger partial charge in [-0.15, -0.1) is 5.10 Å². The highest BCUT2D eigenvalue weighted by Crippen LogP contribution is 2.25. The minimum absolute atomic E-state index is 0.0639. The van der Waals surface area contributed by atoms with Crippen molar-refractivity contribution in [1.29, 1.82) is 5.26 Å². The third-order valence-corrected chi connectivity index (χ3v) is 3.83. The summed E-state index contributed by atoms with van der Waals surface area (Å²) in [6.07, 6.45) is 6.04. The first-order valence-corrected chi connectivity index (χ1v) is 7.27. The Morgan fingerprint density at radius 3 is 3.05 bits per heavy atom. The lowest BCUT2D eigenvalue weighted by molar-refractivity contribution is -0.121. The lowest BCUT2D eigenvalue weighted by Crippen LogP contribution is -2.37. The normalized spacial score (nSPS) is 15.5. The molecule has 7 nitrogen and oxygen atoms in total. The second-order valence-electron chi connectivity index (χ2n) is 5.27. The standard InChI is InChI=1S/C15H16N6O/c1-11(21-10-18-13(9-16)19-21)15(22)20-8-3-2-5-12-6-4-7-17-14(12)20/h4,6-7,10-11H,2-3,5,8H2,1H3. The Morgan fingerprint density at radius 1 is 1.41 bits per heavy atom. The summed E-state index contributed by atoms with van der Waals surface area (Å²) in [5.41, 5.74) is 1.09. The number of carbonyl (C=O) groups excluding carboxylic acids is 1. The van der Waals surface area contributed by atoms with Gasteiger partial charge in [-0.1, -0.05) is 6.07 Å². The maximum absolute atomic E-state index is 12.8. The minimum Gasteiger partial charge on any atom is -0.295 e. The van der Waals surface area contributed by atoms with Gasteiger partial charge in [-0.2, -0.15) is 5.26 Å². The van der Waals surface area contributed by atoms with Crippen LogP contribution in [0, 0.1) is 11.3 Å². The summed E-state index contributed by atoms with van der Waals surface area (Å²) in [6.45, 7) is 2.40. The molecule has 0 fully saturated rings. The lowest BCUT2D eigenvalue weighted by atomic mass is 10.1. The number of carbonyl (C=O) groups is 1. The van der Waals surface area contributed by atoms with Crippen LogP contribution in [0.25, 0.3) is 0 Å². The molecule has 1 aliphatic rings. The van der Waals surface area contributed by atoms with Gasteiger partial charge in [0.1, 0.15) is 24.3 Å². The fourth-order valence-corrected chi connectivity index (χ4v) is 2.63. The van der Waals surface area contributed by atoms with E-state index in [0.29, 0.717) is 6.54 Å². The van der Waals surface area contributed by atoms with Crippen LogP contribution in [-0.4, -0.2) is 32.2 Å². The Kier molecular flexibility index (Phi) is 3.83. The van der Waals surface area contributed by atoms with Crippen molar-refractivity contribution >= 4 is 11.7 Å². The molecule has 0 bridgehead atoms. The van der Waals surface area contributed by atoms with Crippen molar-refractivity contribution in [2.75, 3.05) is 11.4 Å². The van der Waals surface area contributed by atoms with Crippen LogP contribution >= 0.6 is 0 Å². The summed E-state index contributed by atoms with van der Waals surface area (Å²) in [7, 11) is 0. The van der Waals surface area contributed by atoms with Crippen molar-refractivity contribution in [3.8, 4) is 6.07 Å². The molecule has 3 heterocycles. The highest BCUT2D eigenvalue weighted by atomic mass is 16.2. The van der Waals surface area contributed by atoms with Crippen molar-refractivity contribution in [1.82, 2.24) is 19.7 Å². The van der Waals surface area contributed by atoms with E-state index in [2.05, 4.69) is 15.1 Å². The molecule has 0 radical (unpaired) electrons. The summed E-state index contributed by atoms with van der Waals surface area (Å²) in [6, 6.07) is 5.25. The summed E-state index contributed by atoms with van der Waals surface area (Å²) in [4.78, 5) is 22.8. The predicted octanol–water partition coefficient (Wildman–Crippen LogP) is 1.48. The second-order valence-corrected chi connectivity index (χ2v) is 5.27. The van der Waals surface area contributed by atoms with Crippen LogP contribution in [0.1, 0.15) is 37.2 Å². The molecular formula is C15H16N6O. The minimum atomic E-state index is -0.525. The van der Waals surface area contributed by atoms with E-state index in [1.807, 2.05) is 18.2 Å². The number of hydrogen-bond donors (Lipinski definition) is 0. The number of anilines is 1. The largest absolute Gasteiger partial charge is 0.295 e. The summed E-state index contributed by atoms with van der Waals surface area (Å²) < 4.78 is 1.42. The monoisotopic (exact) mass is 296 g/mol. The number of pyridine rings is 1. The van der Waals surface area contributed by atoms with Gasteiger partial charge in [-0.05, 0) is 37.8 Å². The van der Waals surface area contributed by atoms with Crippen molar-refractivity contribution in [3.63, 3.8) is 0 Å². The van der Waals surface area contributed by atoms with E-state index in [-0.39, 0.29) is 11.7 Å². The van der Waals surface area contributed by atoms with Crippen LogP contribution in [0.15, 0.2) is 24.7 Å². The fraction of sp³-hybridized carbons (Fsp3) is 0.400. The van der Waals surface area contributed by atoms with Crippen LogP contribution in [0.5, 0.6) is 0 Å². The van der Waals surface area contributed by atoms with Crippen LogP contribution in [0.3, 0.4) is 0 Å². The van der Waals surface area contributed by atoms with E-state index in [4.69, 9.17) is 5.26 Å². The first kappa shape index (κ1) is 14.2. The van der Waals surface area contributed by atoms with Crippen LogP contribution in [0.4, 0.5) is 5.82 Å². The molecule has 1 unspecified atom stereocenters. The maximum atomic E-state index is 12.8. The number of aromatic nitrogens is 4. The zero-order valence-corrected chi connectivity index (χ0v) is 12.3. The quantitative estimate of drug-likeness (QED) is 0.837. The molecule has 0 N–H and O–H groups in total. The van der Waals surface area contributed by atoms with Gasteiger partial charge in [0.05, 0.1) is 0 Å². The first-order valence-electron chi connectivity index (χ1n) is 7.27. The molecule has 0 aliphatic carbocycles. The Morgan fingerprint density at radius 2 is 2.27 bits per heavy atom. The van der Waals surface area contributed by atoms with Gasteiger partial charge in [0.2, 0.25) is 0 Å². The first-order chi connectivity index (χ1) is 10.7. The second kappa shape index (κ2) is 5.93. The van der Waals surface area contributed by atoms with Gasteiger partial charge < -0.3 is 0 Å². The van der Waals surface area contributed by atoms with Crippen LogP contribution in [-0.2, 0) is 11.2 Å². The molecule has 0 spiro atoms. The topological polar surface area (TPSA) is 87.7 Å². The molecule has 0 saturated heterocycles. The van der Waals surface area contributed by atoms with Gasteiger partial charge in [-0.3, -0.25) is 9.69 Å². The smallest absolute Gasteiger partial charge is 0.252 e. The zero-order chi connectivity index (χ0) is 15.5. The molecule has 7 heteroatoms. The Bertz CT molecular complexity index is 732. The van der Waals surface area contributed by atoms with Crippen molar-refractivity contribution < 1.29 is 4.79 Å². The average molecular weight is 296 g/mol. The Labute approximate surface area is 128 Å². The lowest BCUT2D eigenvalue weighted by Gasteiger charge is -2.24. The van der Waals surface area contributed by atoms with Gasteiger partial charge in [0.25, 0.3) is 11.7 Å². The van der Waals surface area contributed by atoms with Crippen molar-refractivity contribution in [2.24, 2.45) is 0 Å². The third kappa shape index (κ3) is 2.55. The molecule has 0 aromatic carbocycles. The van der Waals surface area contributed by atoms with Gasteiger partial charge in [0.15, 0.2) is 0 Å². The SMILES string of the molecule is CC(C(=O)N1CCCCc2cccnc21)n1cnc(C#N)n1. The van der Waals surface area contributed by atoms with Crippen molar-refractivity contribution in [3.05, 3.63) is 36.0 Å². The Balaban J connectivity index is 1.89. The Hall–Kier alpha value is -2.75. The van der Waals surface area contributed by atoms with Gasteiger partial charge >= 0.3 is 0 Å². The molecular weight excluding hydrogens is 280 g/mol. The summed E-state index contributed by atoms with van der Waals surface area (Å²) in [5, 5.41) is 12.8. The molecule has 1 amide bonds. The third-order valence-electron chi connectivity index (χ3n) is 3.83. The molecule has 112 valence electrons. The maximum Gasteiger partial charge on any atom is 0.252 e. The predicted molar refractivity (Wildman–Crippen MR) is 79.0 cm³/mol. The number of hydrogen-bond acceptors (Lipinski definition) is 5. The van der Waals surface area contributed by atoms with Crippen LogP contribution in [0.2, 0.25) is 0 Å². The molecule has 1 atom stereocenters. The van der Waals surface area contributed by atoms with Crippen LogP contribution < -0.4 is 4.90 Å². The van der Waals surface area contributed by atoms with E-state index < -0.39 is 6.04 Å². The molecule has 0 saturated carbocycles. The van der Waals surface area contributed by atoms with E-state index in [1.165, 1.54) is 11.0 Å². The molecule has 22 heavy (non-hydrogen) atoms. The van der Waals surface area contributed by atoms with E-state index >= 15 is 0 Å². The highest BCUT2D eigenvalue weighted by Gasteiger charge is 2.27. The number of nitrogens with zero attached hydrogens (tertiary/aromatic N) is 6. The van der Waals surface area contributed by atoms with E-state index in [1.54, 1.807) is 18.0 Å². The number of aryl methyl sites for hydroxylation is 1. The summed E-state index contributed by atoms with van der Waals surface area (Å²) in [5.74, 6) is 0.711. The molecule has 2 aromatic rings. The molecule has 3 rings (SSSR count). The van der Waals surface area contributed by atoms with E-state index in [9.17, 15) is 4.79 Å². The van der Waals surface area contributed by atoms with Crippen molar-refractivity contribution in [2.45, 2.75) is 32.2 Å². The zero-order valence-electron chi connectivity index (χ0n) is 12.3. The fourth-order valence-electron chi connectivity index (χ4n) is 2.63. The molecule has 2 aromatic heterocycles. The number of nitriles is 1.